The second-order valence-corrected chi connectivity index (χ2v) is 2.85. The molecule has 0 unspecified atom stereocenters. The molecule has 1 N–H and O–H groups in total. The fourth-order valence-corrected chi connectivity index (χ4v) is 0.506. The highest BCUT2D eigenvalue weighted by atomic mass is 16.3. The Morgan fingerprint density at radius 1 is 1.30 bits per heavy atom. The SMILES string of the molecule is CC/C=C/C=C/C(C)(C)O. The summed E-state index contributed by atoms with van der Waals surface area (Å²) >= 11 is 0. The summed E-state index contributed by atoms with van der Waals surface area (Å²) in [6, 6.07) is 0. The lowest BCUT2D eigenvalue weighted by molar-refractivity contribution is 0.133. The molecule has 0 aromatic heterocycles. The second-order valence-electron chi connectivity index (χ2n) is 2.85. The monoisotopic (exact) mass is 140 g/mol. The number of allylic oxidation sites excluding steroid dienone is 3. The molecule has 0 aromatic rings. The zero-order valence-electron chi connectivity index (χ0n) is 6.96. The van der Waals surface area contributed by atoms with Crippen molar-refractivity contribution < 1.29 is 5.11 Å². The van der Waals surface area contributed by atoms with Gasteiger partial charge in [0.2, 0.25) is 0 Å². The maximum absolute atomic E-state index is 9.20. The molecule has 0 amide bonds. The minimum atomic E-state index is -0.682. The lowest BCUT2D eigenvalue weighted by Gasteiger charge is -2.08. The van der Waals surface area contributed by atoms with E-state index in [2.05, 4.69) is 6.92 Å². The van der Waals surface area contributed by atoms with Gasteiger partial charge in [-0.15, -0.1) is 0 Å². The second kappa shape index (κ2) is 4.29. The average Bonchev–Trinajstić information content (AvgIpc) is 1.78. The van der Waals surface area contributed by atoms with Gasteiger partial charge in [-0.25, -0.2) is 0 Å². The standard InChI is InChI=1S/C9H16O/c1-4-5-6-7-8-9(2,3)10/h5-8,10H,4H2,1-3H3/b6-5+,8-7+. The van der Waals surface area contributed by atoms with Crippen LogP contribution in [0.5, 0.6) is 0 Å². The van der Waals surface area contributed by atoms with Crippen molar-refractivity contribution in [1.82, 2.24) is 0 Å². The van der Waals surface area contributed by atoms with E-state index in [0.29, 0.717) is 0 Å². The zero-order valence-corrected chi connectivity index (χ0v) is 6.96. The van der Waals surface area contributed by atoms with Crippen LogP contribution in [0.3, 0.4) is 0 Å². The van der Waals surface area contributed by atoms with Gasteiger partial charge in [-0.1, -0.05) is 31.2 Å². The van der Waals surface area contributed by atoms with Crippen LogP contribution >= 0.6 is 0 Å². The van der Waals surface area contributed by atoms with Crippen LogP contribution in [0.1, 0.15) is 27.2 Å². The van der Waals surface area contributed by atoms with E-state index in [0.717, 1.165) is 6.42 Å². The topological polar surface area (TPSA) is 20.2 Å². The quantitative estimate of drug-likeness (QED) is 0.596. The number of rotatable bonds is 3. The molecule has 0 bridgehead atoms. The van der Waals surface area contributed by atoms with Crippen molar-refractivity contribution in [1.29, 1.82) is 0 Å². The summed E-state index contributed by atoms with van der Waals surface area (Å²) in [6.45, 7) is 5.58. The predicted octanol–water partition coefficient (Wildman–Crippen LogP) is 2.28. The van der Waals surface area contributed by atoms with Crippen LogP contribution < -0.4 is 0 Å². The fourth-order valence-electron chi connectivity index (χ4n) is 0.506. The zero-order chi connectivity index (χ0) is 8.04. The molecular formula is C9H16O. The molecule has 1 heteroatoms. The fraction of sp³-hybridized carbons (Fsp3) is 0.556. The summed E-state index contributed by atoms with van der Waals surface area (Å²) in [4.78, 5) is 0. The van der Waals surface area contributed by atoms with Crippen LogP contribution in [0, 0.1) is 0 Å². The van der Waals surface area contributed by atoms with Crippen molar-refractivity contribution in [2.24, 2.45) is 0 Å². The maximum atomic E-state index is 9.20. The highest BCUT2D eigenvalue weighted by molar-refractivity contribution is 5.07. The Labute approximate surface area is 63.1 Å². The van der Waals surface area contributed by atoms with Crippen molar-refractivity contribution in [3.8, 4) is 0 Å². The molecule has 0 rings (SSSR count). The Hall–Kier alpha value is -0.560. The van der Waals surface area contributed by atoms with Gasteiger partial charge in [-0.05, 0) is 20.3 Å². The van der Waals surface area contributed by atoms with Crippen molar-refractivity contribution in [3.63, 3.8) is 0 Å². The Morgan fingerprint density at radius 3 is 2.30 bits per heavy atom. The molecule has 0 saturated carbocycles. The molecule has 0 fully saturated rings. The smallest absolute Gasteiger partial charge is 0.0774 e. The van der Waals surface area contributed by atoms with Crippen LogP contribution in [0.25, 0.3) is 0 Å². The highest BCUT2D eigenvalue weighted by Crippen LogP contribution is 2.01. The summed E-state index contributed by atoms with van der Waals surface area (Å²) in [7, 11) is 0. The third-order valence-electron chi connectivity index (χ3n) is 0.987. The first-order chi connectivity index (χ1) is 4.56. The molecule has 0 heterocycles. The normalized spacial score (nSPS) is 13.6. The molecule has 10 heavy (non-hydrogen) atoms. The summed E-state index contributed by atoms with van der Waals surface area (Å²) in [5, 5.41) is 9.20. The lowest BCUT2D eigenvalue weighted by Crippen LogP contribution is -2.13. The molecule has 0 saturated heterocycles. The summed E-state index contributed by atoms with van der Waals surface area (Å²) in [5.41, 5.74) is -0.682. The molecule has 58 valence electrons. The first kappa shape index (κ1) is 9.44. The van der Waals surface area contributed by atoms with E-state index in [9.17, 15) is 5.11 Å². The van der Waals surface area contributed by atoms with E-state index in [1.165, 1.54) is 0 Å². The highest BCUT2D eigenvalue weighted by Gasteiger charge is 2.03. The maximum Gasteiger partial charge on any atom is 0.0774 e. The van der Waals surface area contributed by atoms with Crippen LogP contribution in [-0.4, -0.2) is 10.7 Å². The van der Waals surface area contributed by atoms with Crippen molar-refractivity contribution in [2.45, 2.75) is 32.8 Å². The van der Waals surface area contributed by atoms with Gasteiger partial charge >= 0.3 is 0 Å². The van der Waals surface area contributed by atoms with Crippen LogP contribution in [-0.2, 0) is 0 Å². The van der Waals surface area contributed by atoms with E-state index in [1.807, 2.05) is 18.2 Å². The van der Waals surface area contributed by atoms with Gasteiger partial charge in [0, 0.05) is 0 Å². The lowest BCUT2D eigenvalue weighted by atomic mass is 10.1. The minimum absolute atomic E-state index is 0.682. The Kier molecular flexibility index (Phi) is 4.05. The predicted molar refractivity (Wildman–Crippen MR) is 44.9 cm³/mol. The largest absolute Gasteiger partial charge is 0.386 e. The van der Waals surface area contributed by atoms with Crippen molar-refractivity contribution in [3.05, 3.63) is 24.3 Å². The number of hydrogen-bond acceptors (Lipinski definition) is 1. The summed E-state index contributed by atoms with van der Waals surface area (Å²) in [6.07, 6.45) is 8.65. The Bertz CT molecular complexity index is 126. The molecule has 0 aliphatic rings. The van der Waals surface area contributed by atoms with Crippen LogP contribution in [0.15, 0.2) is 24.3 Å². The Balaban J connectivity index is 3.66. The first-order valence-electron chi connectivity index (χ1n) is 3.63. The number of hydrogen-bond donors (Lipinski definition) is 1. The van der Waals surface area contributed by atoms with Crippen LogP contribution in [0.2, 0.25) is 0 Å². The molecule has 0 aromatic carbocycles. The third-order valence-corrected chi connectivity index (χ3v) is 0.987. The average molecular weight is 140 g/mol. The van der Waals surface area contributed by atoms with Crippen molar-refractivity contribution >= 4 is 0 Å². The molecule has 0 atom stereocenters. The molecule has 0 aliphatic heterocycles. The van der Waals surface area contributed by atoms with E-state index in [1.54, 1.807) is 19.9 Å². The first-order valence-corrected chi connectivity index (χ1v) is 3.63. The molecule has 0 spiro atoms. The minimum Gasteiger partial charge on any atom is -0.386 e. The van der Waals surface area contributed by atoms with Gasteiger partial charge in [0.05, 0.1) is 5.60 Å². The molecule has 1 nitrogen and oxygen atoms in total. The van der Waals surface area contributed by atoms with Crippen molar-refractivity contribution in [2.75, 3.05) is 0 Å². The summed E-state index contributed by atoms with van der Waals surface area (Å²) < 4.78 is 0. The van der Waals surface area contributed by atoms with Gasteiger partial charge in [0.15, 0.2) is 0 Å². The van der Waals surface area contributed by atoms with E-state index < -0.39 is 5.60 Å². The van der Waals surface area contributed by atoms with Gasteiger partial charge < -0.3 is 5.11 Å². The number of aliphatic hydroxyl groups is 1. The third kappa shape index (κ3) is 7.44. The van der Waals surface area contributed by atoms with Gasteiger partial charge in [0.25, 0.3) is 0 Å². The van der Waals surface area contributed by atoms with Gasteiger partial charge in [-0.2, -0.15) is 0 Å². The molecule has 0 radical (unpaired) electrons. The Morgan fingerprint density at radius 2 is 1.90 bits per heavy atom. The molecule has 0 aliphatic carbocycles. The summed E-state index contributed by atoms with van der Waals surface area (Å²) in [5.74, 6) is 0. The van der Waals surface area contributed by atoms with Crippen LogP contribution in [0.4, 0.5) is 0 Å². The van der Waals surface area contributed by atoms with Gasteiger partial charge in [0.1, 0.15) is 0 Å². The van der Waals surface area contributed by atoms with E-state index in [-0.39, 0.29) is 0 Å². The van der Waals surface area contributed by atoms with E-state index >= 15 is 0 Å². The molecular weight excluding hydrogens is 124 g/mol. The van der Waals surface area contributed by atoms with Gasteiger partial charge in [-0.3, -0.25) is 0 Å². The van der Waals surface area contributed by atoms with E-state index in [4.69, 9.17) is 0 Å².